The van der Waals surface area contributed by atoms with Crippen LogP contribution in [0.15, 0.2) is 150 Å². The molecule has 2 nitrogen and oxygen atoms in total. The highest BCUT2D eigenvalue weighted by Crippen LogP contribution is 2.44. The summed E-state index contributed by atoms with van der Waals surface area (Å²) in [6, 6.07) is 52.5. The lowest BCUT2D eigenvalue weighted by Crippen LogP contribution is -2.10. The molecule has 0 fully saturated rings. The number of benzene rings is 8. The van der Waals surface area contributed by atoms with Crippen LogP contribution in [-0.2, 0) is 0 Å². The van der Waals surface area contributed by atoms with Gasteiger partial charge in [0, 0.05) is 33.1 Å². The number of hydrogen-bond acceptors (Lipinski definition) is 2. The summed E-state index contributed by atoms with van der Waals surface area (Å²) >= 11 is 0. The summed E-state index contributed by atoms with van der Waals surface area (Å²) in [4.78, 5) is 2.39. The molecule has 0 radical (unpaired) electrons. The zero-order valence-corrected chi connectivity index (χ0v) is 23.7. The van der Waals surface area contributed by atoms with Crippen LogP contribution in [0, 0.1) is 6.92 Å². The third-order valence-electron chi connectivity index (χ3n) is 8.85. The molecule has 0 saturated heterocycles. The molecule has 0 aliphatic rings. The van der Waals surface area contributed by atoms with Crippen LogP contribution < -0.4 is 4.90 Å². The molecule has 0 aliphatic carbocycles. The van der Waals surface area contributed by atoms with Crippen molar-refractivity contribution in [1.29, 1.82) is 0 Å². The molecule has 202 valence electrons. The number of furan rings is 1. The minimum atomic E-state index is 0.918. The first-order valence-corrected chi connectivity index (χ1v) is 14.8. The number of hydrogen-bond donors (Lipinski definition) is 0. The van der Waals surface area contributed by atoms with Crippen LogP contribution in [-0.4, -0.2) is 0 Å². The summed E-state index contributed by atoms with van der Waals surface area (Å²) in [5.41, 5.74) is 8.73. The molecule has 9 aromatic rings. The Labute approximate surface area is 249 Å². The van der Waals surface area contributed by atoms with Gasteiger partial charge in [-0.1, -0.05) is 109 Å². The van der Waals surface area contributed by atoms with Crippen LogP contribution in [0.25, 0.3) is 65.4 Å². The highest BCUT2D eigenvalue weighted by molar-refractivity contribution is 6.25. The molecule has 0 bridgehead atoms. The Hall–Kier alpha value is -5.60. The fraction of sp³-hybridized carbons (Fsp3) is 0.0244. The molecular weight excluding hydrogens is 522 g/mol. The van der Waals surface area contributed by atoms with Crippen molar-refractivity contribution in [3.8, 4) is 11.1 Å². The van der Waals surface area contributed by atoms with E-state index in [1.807, 2.05) is 12.1 Å². The minimum Gasteiger partial charge on any atom is -0.455 e. The van der Waals surface area contributed by atoms with Crippen molar-refractivity contribution < 1.29 is 4.42 Å². The van der Waals surface area contributed by atoms with Crippen LogP contribution in [0.1, 0.15) is 5.56 Å². The first-order valence-electron chi connectivity index (χ1n) is 14.8. The topological polar surface area (TPSA) is 16.4 Å². The number of aryl methyl sites for hydroxylation is 1. The molecule has 9 rings (SSSR count). The lowest BCUT2D eigenvalue weighted by Gasteiger charge is -2.28. The quantitative estimate of drug-likeness (QED) is 0.203. The third-order valence-corrected chi connectivity index (χ3v) is 8.85. The van der Waals surface area contributed by atoms with Crippen LogP contribution >= 0.6 is 0 Å². The van der Waals surface area contributed by atoms with Crippen LogP contribution in [0.4, 0.5) is 17.1 Å². The summed E-state index contributed by atoms with van der Waals surface area (Å²) < 4.78 is 6.36. The van der Waals surface area contributed by atoms with E-state index in [2.05, 4.69) is 145 Å². The molecule has 1 aromatic heterocycles. The Morgan fingerprint density at radius 3 is 2.02 bits per heavy atom. The predicted molar refractivity (Wildman–Crippen MR) is 182 cm³/mol. The van der Waals surface area contributed by atoms with E-state index in [0.29, 0.717) is 0 Å². The molecular formula is C41H27NO. The summed E-state index contributed by atoms with van der Waals surface area (Å²) in [5, 5.41) is 10.0. The standard InChI is InChI=1S/C41H27NO/c1-26-7-4-10-32(25-26)42(37-24-20-30-16-15-28-8-5-9-29-19-23-36(37)40(30)39(28)29)31-21-17-27(18-22-31)33-12-6-13-35-34-11-2-3-14-38(34)43-41(33)35/h2-25H,1H3. The van der Waals surface area contributed by atoms with Crippen molar-refractivity contribution in [3.05, 3.63) is 151 Å². The van der Waals surface area contributed by atoms with Gasteiger partial charge in [0.25, 0.3) is 0 Å². The average molecular weight is 550 g/mol. The van der Waals surface area contributed by atoms with E-state index in [9.17, 15) is 0 Å². The second kappa shape index (κ2) is 9.20. The van der Waals surface area contributed by atoms with E-state index in [4.69, 9.17) is 4.42 Å². The van der Waals surface area contributed by atoms with Crippen LogP contribution in [0.3, 0.4) is 0 Å². The summed E-state index contributed by atoms with van der Waals surface area (Å²) in [7, 11) is 0. The second-order valence-electron chi connectivity index (χ2n) is 11.4. The maximum Gasteiger partial charge on any atom is 0.143 e. The molecule has 0 atom stereocenters. The Balaban J connectivity index is 1.24. The van der Waals surface area contributed by atoms with Gasteiger partial charge in [0.1, 0.15) is 11.2 Å². The van der Waals surface area contributed by atoms with Gasteiger partial charge in [0.15, 0.2) is 0 Å². The maximum absolute atomic E-state index is 6.36. The molecule has 0 aliphatic heterocycles. The van der Waals surface area contributed by atoms with E-state index in [1.54, 1.807) is 0 Å². The maximum atomic E-state index is 6.36. The zero-order valence-electron chi connectivity index (χ0n) is 23.7. The van der Waals surface area contributed by atoms with E-state index >= 15 is 0 Å². The highest BCUT2D eigenvalue weighted by atomic mass is 16.3. The van der Waals surface area contributed by atoms with E-state index in [1.165, 1.54) is 43.6 Å². The van der Waals surface area contributed by atoms with Crippen molar-refractivity contribution in [2.24, 2.45) is 0 Å². The molecule has 0 unspecified atom stereocenters. The highest BCUT2D eigenvalue weighted by Gasteiger charge is 2.19. The number of rotatable bonds is 4. The van der Waals surface area contributed by atoms with Crippen LogP contribution in [0.2, 0.25) is 0 Å². The minimum absolute atomic E-state index is 0.918. The molecule has 1 heterocycles. The van der Waals surface area contributed by atoms with Gasteiger partial charge in [-0.2, -0.15) is 0 Å². The molecule has 2 heteroatoms. The number of para-hydroxylation sites is 2. The Morgan fingerprint density at radius 2 is 1.19 bits per heavy atom. The molecule has 43 heavy (non-hydrogen) atoms. The third kappa shape index (κ3) is 3.67. The van der Waals surface area contributed by atoms with Crippen LogP contribution in [0.5, 0.6) is 0 Å². The molecule has 0 spiro atoms. The van der Waals surface area contributed by atoms with Crippen molar-refractivity contribution >= 4 is 71.3 Å². The summed E-state index contributed by atoms with van der Waals surface area (Å²) in [6.07, 6.45) is 0. The molecule has 8 aromatic carbocycles. The van der Waals surface area contributed by atoms with Gasteiger partial charge in [-0.15, -0.1) is 0 Å². The number of fused-ring (bicyclic) bond motifs is 3. The van der Waals surface area contributed by atoms with E-state index < -0.39 is 0 Å². The molecule has 0 N–H and O–H groups in total. The van der Waals surface area contributed by atoms with Crippen molar-refractivity contribution in [1.82, 2.24) is 0 Å². The van der Waals surface area contributed by atoms with Gasteiger partial charge in [-0.25, -0.2) is 0 Å². The lowest BCUT2D eigenvalue weighted by atomic mass is 9.93. The van der Waals surface area contributed by atoms with Crippen molar-refractivity contribution in [2.45, 2.75) is 6.92 Å². The van der Waals surface area contributed by atoms with Gasteiger partial charge < -0.3 is 9.32 Å². The first-order chi connectivity index (χ1) is 21.2. The molecule has 0 amide bonds. The van der Waals surface area contributed by atoms with Gasteiger partial charge in [0.05, 0.1) is 5.69 Å². The van der Waals surface area contributed by atoms with Gasteiger partial charge in [-0.05, 0) is 81.4 Å². The first kappa shape index (κ1) is 24.0. The Morgan fingerprint density at radius 1 is 0.488 bits per heavy atom. The monoisotopic (exact) mass is 549 g/mol. The second-order valence-corrected chi connectivity index (χ2v) is 11.4. The predicted octanol–water partition coefficient (Wildman–Crippen LogP) is 11.9. The number of anilines is 3. The molecule has 0 saturated carbocycles. The smallest absolute Gasteiger partial charge is 0.143 e. The normalized spacial score (nSPS) is 11.8. The lowest BCUT2D eigenvalue weighted by molar-refractivity contribution is 0.670. The van der Waals surface area contributed by atoms with Gasteiger partial charge in [-0.3, -0.25) is 0 Å². The summed E-state index contributed by atoms with van der Waals surface area (Å²) in [5.74, 6) is 0. The van der Waals surface area contributed by atoms with Crippen molar-refractivity contribution in [3.63, 3.8) is 0 Å². The van der Waals surface area contributed by atoms with Gasteiger partial charge in [0.2, 0.25) is 0 Å². The van der Waals surface area contributed by atoms with Gasteiger partial charge >= 0.3 is 0 Å². The average Bonchev–Trinajstić information content (AvgIpc) is 3.44. The number of nitrogens with zero attached hydrogens (tertiary/aromatic N) is 1. The fourth-order valence-electron chi connectivity index (χ4n) is 6.87. The SMILES string of the molecule is Cc1cccc(N(c2ccc(-c3cccc4c3oc3ccccc34)cc2)c2ccc3ccc4cccc5ccc2c3c45)c1. The Bertz CT molecular complexity index is 2450. The Kier molecular flexibility index (Phi) is 5.15. The fourth-order valence-corrected chi connectivity index (χ4v) is 6.87. The zero-order chi connectivity index (χ0) is 28.5. The largest absolute Gasteiger partial charge is 0.455 e. The van der Waals surface area contributed by atoms with E-state index in [0.717, 1.165) is 44.4 Å². The van der Waals surface area contributed by atoms with Crippen molar-refractivity contribution in [2.75, 3.05) is 4.90 Å². The summed E-state index contributed by atoms with van der Waals surface area (Å²) in [6.45, 7) is 2.16. The van der Waals surface area contributed by atoms with E-state index in [-0.39, 0.29) is 0 Å².